The smallest absolute Gasteiger partial charge is 0.408 e. The number of fused-ring (bicyclic) bond motifs is 1. The van der Waals surface area contributed by atoms with Crippen molar-refractivity contribution >= 4 is 47.5 Å². The summed E-state index contributed by atoms with van der Waals surface area (Å²) in [5.74, 6) is -0.542. The number of hydrogen-bond acceptors (Lipinski definition) is 5. The molecule has 0 bridgehead atoms. The molecule has 0 fully saturated rings. The zero-order chi connectivity index (χ0) is 15.4. The van der Waals surface area contributed by atoms with E-state index in [4.69, 9.17) is 10.2 Å². The number of nitrogens with two attached hydrogens (primary N) is 1. The molecule has 130 valence electrons. The molecule has 0 saturated carbocycles. The molecule has 0 aliphatic heterocycles. The fraction of sp³-hybridized carbons (Fsp3) is 0.429. The molecule has 0 aliphatic rings. The molecule has 3 N–H and O–H groups in total. The molecule has 9 heteroatoms. The van der Waals surface area contributed by atoms with Gasteiger partial charge in [-0.05, 0) is 32.3 Å². The largest absolute Gasteiger partial charge is 0.419 e. The number of aromatic nitrogens is 1. The highest BCUT2D eigenvalue weighted by molar-refractivity contribution is 5.92. The Labute approximate surface area is 146 Å². The summed E-state index contributed by atoms with van der Waals surface area (Å²) >= 11 is 0. The first kappa shape index (κ1) is 21.5. The van der Waals surface area contributed by atoms with Crippen molar-refractivity contribution in [2.75, 3.05) is 32.5 Å². The van der Waals surface area contributed by atoms with E-state index < -0.39 is 5.76 Å². The number of benzene rings is 1. The highest BCUT2D eigenvalue weighted by atomic mass is 35.5. The van der Waals surface area contributed by atoms with Gasteiger partial charge in [0.2, 0.25) is 5.91 Å². The van der Waals surface area contributed by atoms with Crippen molar-refractivity contribution < 1.29 is 9.21 Å². The van der Waals surface area contributed by atoms with E-state index in [9.17, 15) is 9.59 Å². The number of amides is 1. The summed E-state index contributed by atoms with van der Waals surface area (Å²) in [6.07, 6.45) is 0.261. The number of nitrogens with zero attached hydrogens (tertiary/aromatic N) is 2. The lowest BCUT2D eigenvalue weighted by Gasteiger charge is -2.09. The SMILES string of the molecule is CN(C)CCn1c(=O)oc2ccc(NC(=O)CCN)cc21.Cl.Cl. The van der Waals surface area contributed by atoms with Gasteiger partial charge >= 0.3 is 5.76 Å². The normalized spacial score (nSPS) is 10.3. The van der Waals surface area contributed by atoms with Gasteiger partial charge in [0.25, 0.3) is 0 Å². The van der Waals surface area contributed by atoms with Crippen molar-refractivity contribution in [3.8, 4) is 0 Å². The van der Waals surface area contributed by atoms with E-state index in [1.54, 1.807) is 22.8 Å². The van der Waals surface area contributed by atoms with Gasteiger partial charge in [-0.25, -0.2) is 4.79 Å². The fourth-order valence-corrected chi connectivity index (χ4v) is 2.01. The Bertz CT molecular complexity index is 697. The van der Waals surface area contributed by atoms with Crippen LogP contribution in [0.5, 0.6) is 0 Å². The molecule has 1 aromatic carbocycles. The number of carbonyl (C=O) groups is 1. The summed E-state index contributed by atoms with van der Waals surface area (Å²) < 4.78 is 6.76. The average Bonchev–Trinajstić information content (AvgIpc) is 2.71. The van der Waals surface area contributed by atoms with Gasteiger partial charge in [-0.3, -0.25) is 9.36 Å². The van der Waals surface area contributed by atoms with Gasteiger partial charge in [-0.15, -0.1) is 24.8 Å². The van der Waals surface area contributed by atoms with Crippen LogP contribution in [0.1, 0.15) is 6.42 Å². The molecular formula is C14H22Cl2N4O3. The third-order valence-electron chi connectivity index (χ3n) is 3.09. The number of rotatable bonds is 6. The number of halogens is 2. The van der Waals surface area contributed by atoms with Crippen LogP contribution in [-0.4, -0.2) is 42.6 Å². The van der Waals surface area contributed by atoms with Gasteiger partial charge in [0.15, 0.2) is 5.58 Å². The minimum absolute atomic E-state index is 0. The summed E-state index contributed by atoms with van der Waals surface area (Å²) in [6.45, 7) is 1.55. The minimum atomic E-state index is -0.391. The summed E-state index contributed by atoms with van der Waals surface area (Å²) in [5.41, 5.74) is 7.15. The Balaban J connectivity index is 0.00000242. The Morgan fingerprint density at radius 3 is 2.65 bits per heavy atom. The maximum absolute atomic E-state index is 11.9. The fourth-order valence-electron chi connectivity index (χ4n) is 2.01. The highest BCUT2D eigenvalue weighted by Gasteiger charge is 2.11. The van der Waals surface area contributed by atoms with Crippen molar-refractivity contribution in [3.05, 3.63) is 28.7 Å². The molecule has 1 heterocycles. The second kappa shape index (κ2) is 9.57. The molecule has 0 unspecified atom stereocenters. The number of nitrogens with one attached hydrogen (secondary N) is 1. The first-order valence-electron chi connectivity index (χ1n) is 6.79. The summed E-state index contributed by atoms with van der Waals surface area (Å²) in [6, 6.07) is 5.13. The highest BCUT2D eigenvalue weighted by Crippen LogP contribution is 2.18. The van der Waals surface area contributed by atoms with Crippen molar-refractivity contribution in [2.24, 2.45) is 5.73 Å². The zero-order valence-electron chi connectivity index (χ0n) is 13.1. The molecule has 7 nitrogen and oxygen atoms in total. The van der Waals surface area contributed by atoms with Crippen molar-refractivity contribution in [1.29, 1.82) is 0 Å². The van der Waals surface area contributed by atoms with Crippen LogP contribution in [0.3, 0.4) is 0 Å². The first-order valence-corrected chi connectivity index (χ1v) is 6.79. The maximum Gasteiger partial charge on any atom is 0.419 e. The summed E-state index contributed by atoms with van der Waals surface area (Å²) in [4.78, 5) is 25.4. The first-order chi connectivity index (χ1) is 10.0. The molecule has 0 radical (unpaired) electrons. The lowest BCUT2D eigenvalue weighted by molar-refractivity contribution is -0.116. The van der Waals surface area contributed by atoms with Gasteiger partial charge in [0.05, 0.1) is 5.52 Å². The number of oxazole rings is 1. The predicted octanol–water partition coefficient (Wildman–Crippen LogP) is 1.29. The standard InChI is InChI=1S/C14H20N4O3.2ClH/c1-17(2)7-8-18-11-9-10(16-13(19)5-6-15)3-4-12(11)21-14(18)20;;/h3-4,9H,5-8,15H2,1-2H3,(H,16,19);2*1H. The molecule has 0 atom stereocenters. The maximum atomic E-state index is 11.9. The number of likely N-dealkylation sites (N-methyl/N-ethyl adjacent to an activating group) is 1. The van der Waals surface area contributed by atoms with Crippen LogP contribution in [0, 0.1) is 0 Å². The van der Waals surface area contributed by atoms with Gasteiger partial charge < -0.3 is 20.4 Å². The van der Waals surface area contributed by atoms with Crippen molar-refractivity contribution in [3.63, 3.8) is 0 Å². The predicted molar refractivity (Wildman–Crippen MR) is 95.8 cm³/mol. The lowest BCUT2D eigenvalue weighted by Crippen LogP contribution is -2.23. The average molecular weight is 365 g/mol. The van der Waals surface area contributed by atoms with E-state index in [0.717, 1.165) is 6.54 Å². The topological polar surface area (TPSA) is 93.5 Å². The van der Waals surface area contributed by atoms with E-state index in [0.29, 0.717) is 29.9 Å². The van der Waals surface area contributed by atoms with Crippen molar-refractivity contribution in [1.82, 2.24) is 9.47 Å². The Kier molecular flexibility index (Phi) is 8.93. The van der Waals surface area contributed by atoms with Gasteiger partial charge in [-0.1, -0.05) is 0 Å². The number of carbonyl (C=O) groups excluding carboxylic acids is 1. The van der Waals surface area contributed by atoms with Crippen LogP contribution in [0.15, 0.2) is 27.4 Å². The zero-order valence-corrected chi connectivity index (χ0v) is 14.7. The molecule has 1 aromatic heterocycles. The van der Waals surface area contributed by atoms with Crippen LogP contribution in [0.2, 0.25) is 0 Å². The molecule has 2 aromatic rings. The Morgan fingerprint density at radius 1 is 1.35 bits per heavy atom. The Morgan fingerprint density at radius 2 is 2.04 bits per heavy atom. The summed E-state index contributed by atoms with van der Waals surface area (Å²) in [7, 11) is 3.87. The minimum Gasteiger partial charge on any atom is -0.408 e. The van der Waals surface area contributed by atoms with Gasteiger partial charge in [0.1, 0.15) is 0 Å². The molecule has 1 amide bonds. The van der Waals surface area contributed by atoms with Crippen LogP contribution < -0.4 is 16.8 Å². The molecule has 0 spiro atoms. The summed E-state index contributed by atoms with van der Waals surface area (Å²) in [5, 5.41) is 2.75. The molecule has 2 rings (SSSR count). The van der Waals surface area contributed by atoms with Crippen molar-refractivity contribution in [2.45, 2.75) is 13.0 Å². The van der Waals surface area contributed by atoms with Crippen LogP contribution >= 0.6 is 24.8 Å². The van der Waals surface area contributed by atoms with E-state index >= 15 is 0 Å². The molecular weight excluding hydrogens is 343 g/mol. The van der Waals surface area contributed by atoms with Crippen LogP contribution in [-0.2, 0) is 11.3 Å². The number of hydrogen-bond donors (Lipinski definition) is 2. The molecule has 0 aliphatic carbocycles. The third-order valence-corrected chi connectivity index (χ3v) is 3.09. The molecule has 0 saturated heterocycles. The monoisotopic (exact) mass is 364 g/mol. The number of anilines is 1. The van der Waals surface area contributed by atoms with E-state index in [-0.39, 0.29) is 37.1 Å². The molecule has 23 heavy (non-hydrogen) atoms. The van der Waals surface area contributed by atoms with Gasteiger partial charge in [-0.2, -0.15) is 0 Å². The lowest BCUT2D eigenvalue weighted by atomic mass is 10.2. The van der Waals surface area contributed by atoms with Crippen LogP contribution in [0.4, 0.5) is 5.69 Å². The van der Waals surface area contributed by atoms with E-state index in [1.807, 2.05) is 19.0 Å². The quantitative estimate of drug-likeness (QED) is 0.805. The van der Waals surface area contributed by atoms with E-state index in [2.05, 4.69) is 5.32 Å². The van der Waals surface area contributed by atoms with Gasteiger partial charge in [0, 0.05) is 31.7 Å². The van der Waals surface area contributed by atoms with E-state index in [1.165, 1.54) is 0 Å². The second-order valence-corrected chi connectivity index (χ2v) is 5.09. The van der Waals surface area contributed by atoms with Crippen LogP contribution in [0.25, 0.3) is 11.1 Å². The second-order valence-electron chi connectivity index (χ2n) is 5.09. The third kappa shape index (κ3) is 5.54. The Hall–Kier alpha value is -1.54.